The third-order valence-corrected chi connectivity index (χ3v) is 6.35. The molecule has 27 heavy (non-hydrogen) atoms. The summed E-state index contributed by atoms with van der Waals surface area (Å²) in [5.41, 5.74) is 2.62. The van der Waals surface area contributed by atoms with Crippen LogP contribution in [0.25, 0.3) is 16.6 Å². The largest absolute Gasteiger partial charge is 0.268 e. The highest BCUT2D eigenvalue weighted by Gasteiger charge is 2.14. The molecular formula is C21H14Br2N2OS. The molecule has 3 aromatic carbocycles. The molecule has 6 heteroatoms. The highest BCUT2D eigenvalue weighted by molar-refractivity contribution is 9.11. The standard InChI is InChI=1S/C21H14Br2N2OS/c22-15-11-10-14(18(23)12-15)13-27-21-24-19-9-5-4-8-17(19)20(26)25(21)16-6-2-1-3-7-16/h1-12H,13H2. The van der Waals surface area contributed by atoms with Gasteiger partial charge in [0.1, 0.15) is 0 Å². The van der Waals surface area contributed by atoms with Gasteiger partial charge in [0, 0.05) is 14.7 Å². The molecule has 4 aromatic rings. The fourth-order valence-corrected chi connectivity index (χ4v) is 5.18. The Kier molecular flexibility index (Phi) is 5.48. The predicted molar refractivity (Wildman–Crippen MR) is 119 cm³/mol. The molecule has 134 valence electrons. The number of halogens is 2. The third-order valence-electron chi connectivity index (χ3n) is 4.13. The summed E-state index contributed by atoms with van der Waals surface area (Å²) in [6.07, 6.45) is 0. The first-order valence-corrected chi connectivity index (χ1v) is 10.8. The van der Waals surface area contributed by atoms with Crippen molar-refractivity contribution in [2.45, 2.75) is 10.9 Å². The van der Waals surface area contributed by atoms with Crippen molar-refractivity contribution in [2.75, 3.05) is 0 Å². The predicted octanol–water partition coefficient (Wildman–Crippen LogP) is 6.20. The van der Waals surface area contributed by atoms with Crippen LogP contribution in [-0.2, 0) is 5.75 Å². The van der Waals surface area contributed by atoms with Gasteiger partial charge in [0.25, 0.3) is 5.56 Å². The molecule has 0 N–H and O–H groups in total. The topological polar surface area (TPSA) is 34.9 Å². The van der Waals surface area contributed by atoms with Crippen molar-refractivity contribution in [1.29, 1.82) is 0 Å². The Morgan fingerprint density at radius 3 is 2.44 bits per heavy atom. The fraction of sp³-hybridized carbons (Fsp3) is 0.0476. The van der Waals surface area contributed by atoms with Crippen molar-refractivity contribution in [3.63, 3.8) is 0 Å². The van der Waals surface area contributed by atoms with Gasteiger partial charge in [-0.15, -0.1) is 0 Å². The van der Waals surface area contributed by atoms with Gasteiger partial charge in [-0.05, 0) is 42.0 Å². The molecule has 4 rings (SSSR count). The molecule has 1 heterocycles. The van der Waals surface area contributed by atoms with Crippen LogP contribution < -0.4 is 5.56 Å². The summed E-state index contributed by atoms with van der Waals surface area (Å²) in [4.78, 5) is 17.9. The number of hydrogen-bond donors (Lipinski definition) is 0. The zero-order valence-electron chi connectivity index (χ0n) is 14.1. The molecular weight excluding hydrogens is 488 g/mol. The van der Waals surface area contributed by atoms with Crippen LogP contribution in [0.1, 0.15) is 5.56 Å². The molecule has 0 unspecified atom stereocenters. The van der Waals surface area contributed by atoms with Gasteiger partial charge in [-0.2, -0.15) is 0 Å². The second-order valence-electron chi connectivity index (χ2n) is 5.91. The Labute approximate surface area is 177 Å². The molecule has 0 radical (unpaired) electrons. The maximum atomic E-state index is 13.2. The smallest absolute Gasteiger partial charge is 0.266 e. The first-order chi connectivity index (χ1) is 13.1. The number of rotatable bonds is 4. The van der Waals surface area contributed by atoms with Gasteiger partial charge in [0.2, 0.25) is 0 Å². The highest BCUT2D eigenvalue weighted by atomic mass is 79.9. The molecule has 0 fully saturated rings. The van der Waals surface area contributed by atoms with Gasteiger partial charge in [-0.3, -0.25) is 9.36 Å². The van der Waals surface area contributed by atoms with Gasteiger partial charge in [0.05, 0.1) is 16.6 Å². The van der Waals surface area contributed by atoms with Crippen molar-refractivity contribution >= 4 is 54.5 Å². The summed E-state index contributed by atoms with van der Waals surface area (Å²) >= 11 is 8.63. The molecule has 0 saturated carbocycles. The maximum absolute atomic E-state index is 13.2. The minimum atomic E-state index is -0.0517. The molecule has 0 aliphatic carbocycles. The van der Waals surface area contributed by atoms with Crippen molar-refractivity contribution in [3.8, 4) is 5.69 Å². The highest BCUT2D eigenvalue weighted by Crippen LogP contribution is 2.29. The number of hydrogen-bond acceptors (Lipinski definition) is 3. The SMILES string of the molecule is O=c1c2ccccc2nc(SCc2ccc(Br)cc2Br)n1-c1ccccc1. The minimum Gasteiger partial charge on any atom is -0.268 e. The zero-order valence-corrected chi connectivity index (χ0v) is 18.1. The first kappa shape index (κ1) is 18.5. The van der Waals surface area contributed by atoms with E-state index in [0.29, 0.717) is 21.8 Å². The average Bonchev–Trinajstić information content (AvgIpc) is 2.68. The number of benzene rings is 3. The number of thioether (sulfide) groups is 1. The van der Waals surface area contributed by atoms with Crippen LogP contribution in [0, 0.1) is 0 Å². The average molecular weight is 502 g/mol. The van der Waals surface area contributed by atoms with Crippen LogP contribution in [0.15, 0.2) is 91.7 Å². The summed E-state index contributed by atoms with van der Waals surface area (Å²) in [6, 6.07) is 23.2. The molecule has 0 aliphatic heterocycles. The summed E-state index contributed by atoms with van der Waals surface area (Å²) in [7, 11) is 0. The lowest BCUT2D eigenvalue weighted by Crippen LogP contribution is -2.21. The fourth-order valence-electron chi connectivity index (χ4n) is 2.79. The number of nitrogens with zero attached hydrogens (tertiary/aromatic N) is 2. The second kappa shape index (κ2) is 8.00. The Hall–Kier alpha value is -1.89. The lowest BCUT2D eigenvalue weighted by molar-refractivity contribution is 0.819. The molecule has 3 nitrogen and oxygen atoms in total. The van der Waals surface area contributed by atoms with Crippen LogP contribution in [0.2, 0.25) is 0 Å². The Morgan fingerprint density at radius 2 is 1.67 bits per heavy atom. The Morgan fingerprint density at radius 1 is 0.926 bits per heavy atom. The lowest BCUT2D eigenvalue weighted by atomic mass is 10.2. The van der Waals surface area contributed by atoms with Crippen LogP contribution in [0.3, 0.4) is 0 Å². The normalized spacial score (nSPS) is 11.0. The van der Waals surface area contributed by atoms with Gasteiger partial charge in [-0.25, -0.2) is 4.98 Å². The van der Waals surface area contributed by atoms with Crippen molar-refractivity contribution in [1.82, 2.24) is 9.55 Å². The van der Waals surface area contributed by atoms with Crippen LogP contribution in [0.5, 0.6) is 0 Å². The van der Waals surface area contributed by atoms with E-state index in [4.69, 9.17) is 4.98 Å². The van der Waals surface area contributed by atoms with E-state index in [1.165, 1.54) is 0 Å². The van der Waals surface area contributed by atoms with E-state index >= 15 is 0 Å². The third kappa shape index (κ3) is 3.88. The Balaban J connectivity index is 1.82. The molecule has 0 atom stereocenters. The summed E-state index contributed by atoms with van der Waals surface area (Å²) in [5.74, 6) is 0.700. The van der Waals surface area contributed by atoms with E-state index in [1.807, 2.05) is 66.7 Å². The van der Waals surface area contributed by atoms with E-state index < -0.39 is 0 Å². The van der Waals surface area contributed by atoms with E-state index in [0.717, 1.165) is 20.2 Å². The van der Waals surface area contributed by atoms with Gasteiger partial charge >= 0.3 is 0 Å². The molecule has 0 bridgehead atoms. The first-order valence-electron chi connectivity index (χ1n) is 8.27. The van der Waals surface area contributed by atoms with Crippen LogP contribution in [-0.4, -0.2) is 9.55 Å². The number of aromatic nitrogens is 2. The van der Waals surface area contributed by atoms with Gasteiger partial charge in [-0.1, -0.05) is 80.0 Å². The van der Waals surface area contributed by atoms with Crippen LogP contribution in [0.4, 0.5) is 0 Å². The van der Waals surface area contributed by atoms with E-state index in [9.17, 15) is 4.79 Å². The summed E-state index contributed by atoms with van der Waals surface area (Å²) in [6.45, 7) is 0. The molecule has 0 aliphatic rings. The van der Waals surface area contributed by atoms with E-state index in [2.05, 4.69) is 37.9 Å². The van der Waals surface area contributed by atoms with Crippen molar-refractivity contribution < 1.29 is 0 Å². The summed E-state index contributed by atoms with van der Waals surface area (Å²) in [5, 5.41) is 1.30. The molecule has 0 spiro atoms. The molecule has 1 aromatic heterocycles. The quantitative estimate of drug-likeness (QED) is 0.246. The second-order valence-corrected chi connectivity index (χ2v) is 8.62. The van der Waals surface area contributed by atoms with E-state index in [1.54, 1.807) is 16.3 Å². The number of para-hydroxylation sites is 2. The lowest BCUT2D eigenvalue weighted by Gasteiger charge is -2.13. The number of fused-ring (bicyclic) bond motifs is 1. The van der Waals surface area contributed by atoms with Gasteiger partial charge < -0.3 is 0 Å². The monoisotopic (exact) mass is 500 g/mol. The zero-order chi connectivity index (χ0) is 18.8. The van der Waals surface area contributed by atoms with Crippen molar-refractivity contribution in [2.24, 2.45) is 0 Å². The van der Waals surface area contributed by atoms with Crippen molar-refractivity contribution in [3.05, 3.63) is 97.7 Å². The van der Waals surface area contributed by atoms with E-state index in [-0.39, 0.29) is 5.56 Å². The summed E-state index contributed by atoms with van der Waals surface area (Å²) < 4.78 is 3.74. The Bertz CT molecular complexity index is 1180. The molecule has 0 amide bonds. The molecule has 0 saturated heterocycles. The van der Waals surface area contributed by atoms with Crippen LogP contribution >= 0.6 is 43.6 Å². The van der Waals surface area contributed by atoms with Gasteiger partial charge in [0.15, 0.2) is 5.16 Å². The maximum Gasteiger partial charge on any atom is 0.266 e. The minimum absolute atomic E-state index is 0.0517.